The van der Waals surface area contributed by atoms with Gasteiger partial charge in [-0.3, -0.25) is 14.2 Å². The van der Waals surface area contributed by atoms with Gasteiger partial charge in [-0.25, -0.2) is 9.36 Å². The summed E-state index contributed by atoms with van der Waals surface area (Å²) in [5.74, 6) is 1.58. The minimum atomic E-state index is -0.637. The van der Waals surface area contributed by atoms with Gasteiger partial charge >= 0.3 is 11.7 Å². The number of nitrogens with zero attached hydrogens (tertiary/aromatic N) is 5. The predicted molar refractivity (Wildman–Crippen MR) is 135 cm³/mol. The lowest BCUT2D eigenvalue weighted by Crippen LogP contribution is -2.42. The van der Waals surface area contributed by atoms with E-state index in [9.17, 15) is 14.4 Å². The molecule has 3 heterocycles. The average Bonchev–Trinajstić information content (AvgIpc) is 3.26. The highest BCUT2D eigenvalue weighted by atomic mass is 16.5. The maximum absolute atomic E-state index is 13.4. The van der Waals surface area contributed by atoms with E-state index in [1.165, 1.54) is 4.57 Å². The Balaban J connectivity index is 1.56. The Morgan fingerprint density at radius 2 is 1.72 bits per heavy atom. The second kappa shape index (κ2) is 9.37. The lowest BCUT2D eigenvalue weighted by atomic mass is 10.1. The molecule has 0 amide bonds. The van der Waals surface area contributed by atoms with Crippen LogP contribution in [0, 0.1) is 5.92 Å². The molecule has 0 fully saturated rings. The summed E-state index contributed by atoms with van der Waals surface area (Å²) >= 11 is 0. The summed E-state index contributed by atoms with van der Waals surface area (Å²) in [6, 6.07) is 17.2. The van der Waals surface area contributed by atoms with Gasteiger partial charge in [-0.15, -0.1) is 0 Å². The number of carbonyl (C=O) groups excluding carboxylic acids is 1. The van der Waals surface area contributed by atoms with Gasteiger partial charge in [-0.1, -0.05) is 25.1 Å². The van der Waals surface area contributed by atoms with Gasteiger partial charge in [0.1, 0.15) is 18.0 Å². The van der Waals surface area contributed by atoms with Crippen LogP contribution in [0.15, 0.2) is 64.2 Å². The first-order valence-corrected chi connectivity index (χ1v) is 11.8. The van der Waals surface area contributed by atoms with Crippen molar-refractivity contribution in [1.29, 1.82) is 0 Å². The molecular formula is C26H27N5O5. The number of hydrogen-bond donors (Lipinski definition) is 0. The van der Waals surface area contributed by atoms with Gasteiger partial charge in [0.25, 0.3) is 5.56 Å². The largest absolute Gasteiger partial charge is 0.465 e. The van der Waals surface area contributed by atoms with Crippen LogP contribution in [0.2, 0.25) is 0 Å². The number of fused-ring (bicyclic) bond motifs is 3. The molecule has 0 aliphatic carbocycles. The fourth-order valence-electron chi connectivity index (χ4n) is 4.52. The van der Waals surface area contributed by atoms with Crippen LogP contribution in [0.5, 0.6) is 11.5 Å². The topological polar surface area (TPSA) is 101 Å². The van der Waals surface area contributed by atoms with E-state index in [-0.39, 0.29) is 23.7 Å². The molecule has 10 nitrogen and oxygen atoms in total. The van der Waals surface area contributed by atoms with E-state index >= 15 is 0 Å². The standard InChI is InChI=1S/C26H27N5O5/c1-4-35-21(32)16-31-24(33)22-23(28(3)26(31)34)27-25-29(14-17(2)15-30(22)25)18-10-12-20(13-11-18)36-19-8-6-5-7-9-19/h5-13,17H,4,14-16H2,1-3H3/t17-/m1/s1. The molecule has 4 aromatic rings. The Labute approximate surface area is 206 Å². The average molecular weight is 490 g/mol. The second-order valence-corrected chi connectivity index (χ2v) is 8.86. The SMILES string of the molecule is CCOC(=O)Cn1c(=O)c2c(nc3n2C[C@H](C)CN3c2ccc(Oc3ccccc3)cc2)n(C)c1=O. The first-order chi connectivity index (χ1) is 17.4. The molecule has 1 aliphatic rings. The number of imidazole rings is 1. The van der Waals surface area contributed by atoms with Crippen molar-refractivity contribution in [2.45, 2.75) is 26.9 Å². The molecule has 0 N–H and O–H groups in total. The van der Waals surface area contributed by atoms with Crippen molar-refractivity contribution >= 4 is 28.8 Å². The Kier molecular flexibility index (Phi) is 6.09. The van der Waals surface area contributed by atoms with Crippen LogP contribution in [0.1, 0.15) is 13.8 Å². The van der Waals surface area contributed by atoms with Crippen molar-refractivity contribution < 1.29 is 14.3 Å². The molecular weight excluding hydrogens is 462 g/mol. The summed E-state index contributed by atoms with van der Waals surface area (Å²) < 4.78 is 14.9. The number of carbonyl (C=O) groups is 1. The summed E-state index contributed by atoms with van der Waals surface area (Å²) in [7, 11) is 1.55. The molecule has 10 heteroatoms. The summed E-state index contributed by atoms with van der Waals surface area (Å²) in [6.07, 6.45) is 0. The summed E-state index contributed by atoms with van der Waals surface area (Å²) in [4.78, 5) is 45.1. The molecule has 0 bridgehead atoms. The molecule has 1 atom stereocenters. The van der Waals surface area contributed by atoms with Crippen molar-refractivity contribution in [3.8, 4) is 11.5 Å². The van der Waals surface area contributed by atoms with Gasteiger partial charge < -0.3 is 18.9 Å². The zero-order valence-corrected chi connectivity index (χ0v) is 20.4. The van der Waals surface area contributed by atoms with E-state index in [1.807, 2.05) is 64.1 Å². The van der Waals surface area contributed by atoms with Crippen molar-refractivity contribution in [2.24, 2.45) is 13.0 Å². The molecule has 2 aromatic carbocycles. The Bertz CT molecular complexity index is 1540. The zero-order chi connectivity index (χ0) is 25.4. The monoisotopic (exact) mass is 489 g/mol. The second-order valence-electron chi connectivity index (χ2n) is 8.86. The molecule has 0 saturated carbocycles. The molecule has 0 radical (unpaired) electrons. The van der Waals surface area contributed by atoms with Crippen LogP contribution in [-0.2, 0) is 29.7 Å². The molecule has 2 aromatic heterocycles. The highest BCUT2D eigenvalue weighted by Crippen LogP contribution is 2.34. The molecule has 186 valence electrons. The quantitative estimate of drug-likeness (QED) is 0.384. The fourth-order valence-corrected chi connectivity index (χ4v) is 4.52. The first-order valence-electron chi connectivity index (χ1n) is 11.8. The maximum Gasteiger partial charge on any atom is 0.333 e. The number of anilines is 2. The Hall–Kier alpha value is -4.34. The maximum atomic E-state index is 13.4. The van der Waals surface area contributed by atoms with Crippen molar-refractivity contribution in [1.82, 2.24) is 18.7 Å². The number of aryl methyl sites for hydroxylation is 1. The highest BCUT2D eigenvalue weighted by Gasteiger charge is 2.30. The van der Waals surface area contributed by atoms with Gasteiger partial charge in [0, 0.05) is 25.8 Å². The lowest BCUT2D eigenvalue weighted by Gasteiger charge is -2.33. The Morgan fingerprint density at radius 1 is 1.03 bits per heavy atom. The minimum absolute atomic E-state index is 0.167. The van der Waals surface area contributed by atoms with Crippen LogP contribution in [-0.4, -0.2) is 37.8 Å². The molecule has 1 aliphatic heterocycles. The van der Waals surface area contributed by atoms with Gasteiger partial charge in [-0.05, 0) is 49.2 Å². The van der Waals surface area contributed by atoms with E-state index in [0.29, 0.717) is 24.8 Å². The van der Waals surface area contributed by atoms with Gasteiger partial charge in [0.15, 0.2) is 11.2 Å². The molecule has 0 spiro atoms. The summed E-state index contributed by atoms with van der Waals surface area (Å²) in [5.41, 5.74) is 0.286. The molecule has 0 saturated heterocycles. The normalized spacial score (nSPS) is 15.1. The van der Waals surface area contributed by atoms with Crippen LogP contribution in [0.25, 0.3) is 11.2 Å². The van der Waals surface area contributed by atoms with Crippen molar-refractivity contribution in [3.63, 3.8) is 0 Å². The van der Waals surface area contributed by atoms with Gasteiger partial charge in [0.05, 0.1) is 6.61 Å². The zero-order valence-electron chi connectivity index (χ0n) is 20.4. The Morgan fingerprint density at radius 3 is 2.42 bits per heavy atom. The van der Waals surface area contributed by atoms with Gasteiger partial charge in [-0.2, -0.15) is 4.98 Å². The predicted octanol–water partition coefficient (Wildman–Crippen LogP) is 3.04. The summed E-state index contributed by atoms with van der Waals surface area (Å²) in [5, 5.41) is 0. The van der Waals surface area contributed by atoms with Crippen LogP contribution < -0.4 is 20.9 Å². The van der Waals surface area contributed by atoms with Crippen molar-refractivity contribution in [2.75, 3.05) is 18.1 Å². The highest BCUT2D eigenvalue weighted by molar-refractivity contribution is 5.77. The third-order valence-electron chi connectivity index (χ3n) is 6.16. The van der Waals surface area contributed by atoms with Gasteiger partial charge in [0.2, 0.25) is 5.95 Å². The lowest BCUT2D eigenvalue weighted by molar-refractivity contribution is -0.143. The number of para-hydroxylation sites is 1. The smallest absolute Gasteiger partial charge is 0.333 e. The van der Waals surface area contributed by atoms with Crippen LogP contribution in [0.3, 0.4) is 0 Å². The summed E-state index contributed by atoms with van der Waals surface area (Å²) in [6.45, 7) is 4.73. The molecule has 0 unspecified atom stereocenters. The van der Waals surface area contributed by atoms with Crippen molar-refractivity contribution in [3.05, 3.63) is 75.4 Å². The van der Waals surface area contributed by atoms with Crippen LogP contribution >= 0.6 is 0 Å². The van der Waals surface area contributed by atoms with Crippen LogP contribution in [0.4, 0.5) is 11.6 Å². The van der Waals surface area contributed by atoms with E-state index in [4.69, 9.17) is 14.5 Å². The van der Waals surface area contributed by atoms with E-state index in [2.05, 4.69) is 6.92 Å². The molecule has 36 heavy (non-hydrogen) atoms. The number of ether oxygens (including phenoxy) is 2. The minimum Gasteiger partial charge on any atom is -0.465 e. The first kappa shape index (κ1) is 23.4. The number of benzene rings is 2. The van der Waals surface area contributed by atoms with E-state index in [0.717, 1.165) is 16.0 Å². The number of rotatable bonds is 6. The third-order valence-corrected chi connectivity index (χ3v) is 6.16. The van der Waals surface area contributed by atoms with E-state index in [1.54, 1.807) is 14.0 Å². The fraction of sp³-hybridized carbons (Fsp3) is 0.308. The number of aromatic nitrogens is 4. The van der Waals surface area contributed by atoms with E-state index < -0.39 is 23.8 Å². The molecule has 5 rings (SSSR count). The number of esters is 1. The third kappa shape index (κ3) is 4.15. The number of hydrogen-bond acceptors (Lipinski definition) is 7.